The predicted octanol–water partition coefficient (Wildman–Crippen LogP) is 1.42. The molecule has 2 aromatic rings. The van der Waals surface area contributed by atoms with Crippen LogP contribution < -0.4 is 4.72 Å². The molecule has 0 bridgehead atoms. The molecular weight excluding hydrogens is 420 g/mol. The monoisotopic (exact) mass is 444 g/mol. The van der Waals surface area contributed by atoms with Crippen LogP contribution in [0.3, 0.4) is 0 Å². The molecule has 0 spiro atoms. The van der Waals surface area contributed by atoms with Crippen molar-refractivity contribution < 1.29 is 22.5 Å². The summed E-state index contributed by atoms with van der Waals surface area (Å²) in [4.78, 5) is 28.4. The zero-order valence-electron chi connectivity index (χ0n) is 17.2. The van der Waals surface area contributed by atoms with Crippen molar-refractivity contribution in [1.29, 1.82) is 0 Å². The number of carbonyl (C=O) groups excluding carboxylic acids is 2. The number of hydrogen-bond donors (Lipinski definition) is 1. The smallest absolute Gasteiger partial charge is 0.292 e. The van der Waals surface area contributed by atoms with Gasteiger partial charge in [0.1, 0.15) is 0 Å². The molecule has 1 saturated heterocycles. The van der Waals surface area contributed by atoms with Gasteiger partial charge in [-0.05, 0) is 43.5 Å². The Hall–Kier alpha value is -2.98. The highest BCUT2D eigenvalue weighted by Crippen LogP contribution is 2.22. The number of carbonyl (C=O) groups is 2. The van der Waals surface area contributed by atoms with Gasteiger partial charge in [-0.2, -0.15) is 0 Å². The van der Waals surface area contributed by atoms with Crippen molar-refractivity contribution in [3.05, 3.63) is 53.4 Å². The van der Waals surface area contributed by atoms with E-state index in [0.717, 1.165) is 18.4 Å². The van der Waals surface area contributed by atoms with E-state index in [2.05, 4.69) is 9.88 Å². The van der Waals surface area contributed by atoms with E-state index in [0.29, 0.717) is 31.9 Å². The lowest BCUT2D eigenvalue weighted by molar-refractivity contribution is -0.127. The molecule has 2 fully saturated rings. The SMILES string of the molecule is Cc1cc(C(=O)N2CCN(C(=O)/C=C/c3ccc(S(=O)(=O)NC4CC4)cc3)CC2)on1. The van der Waals surface area contributed by atoms with Crippen LogP contribution in [0.15, 0.2) is 45.8 Å². The highest BCUT2D eigenvalue weighted by molar-refractivity contribution is 7.89. The first-order valence-electron chi connectivity index (χ1n) is 10.1. The third-order valence-electron chi connectivity index (χ3n) is 5.23. The van der Waals surface area contributed by atoms with Crippen LogP contribution in [-0.2, 0) is 14.8 Å². The highest BCUT2D eigenvalue weighted by Gasteiger charge is 2.28. The summed E-state index contributed by atoms with van der Waals surface area (Å²) in [6.45, 7) is 3.43. The fourth-order valence-corrected chi connectivity index (χ4v) is 4.57. The standard InChI is InChI=1S/C21H24N4O5S/c1-15-14-19(30-22-15)21(27)25-12-10-24(11-13-25)20(26)9-4-16-2-7-18(8-3-16)31(28,29)23-17-5-6-17/h2-4,7-9,14,17,23H,5-6,10-13H2,1H3/b9-4+. The molecule has 1 aromatic carbocycles. The molecule has 2 heterocycles. The van der Waals surface area contributed by atoms with E-state index in [4.69, 9.17) is 4.52 Å². The summed E-state index contributed by atoms with van der Waals surface area (Å²) in [6, 6.07) is 8.05. The molecule has 0 unspecified atom stereocenters. The van der Waals surface area contributed by atoms with Crippen molar-refractivity contribution in [2.75, 3.05) is 26.2 Å². The molecule has 2 aliphatic rings. The van der Waals surface area contributed by atoms with Gasteiger partial charge in [0.05, 0.1) is 10.6 Å². The van der Waals surface area contributed by atoms with Gasteiger partial charge in [0, 0.05) is 44.4 Å². The molecule has 1 aliphatic heterocycles. The van der Waals surface area contributed by atoms with E-state index in [1.165, 1.54) is 18.2 Å². The van der Waals surface area contributed by atoms with Crippen molar-refractivity contribution in [1.82, 2.24) is 19.7 Å². The van der Waals surface area contributed by atoms with E-state index in [1.54, 1.807) is 41.0 Å². The predicted molar refractivity (Wildman–Crippen MR) is 113 cm³/mol. The Kier molecular flexibility index (Phi) is 5.92. The van der Waals surface area contributed by atoms with Gasteiger partial charge in [0.25, 0.3) is 5.91 Å². The van der Waals surface area contributed by atoms with Gasteiger partial charge < -0.3 is 14.3 Å². The van der Waals surface area contributed by atoms with Gasteiger partial charge in [-0.1, -0.05) is 17.3 Å². The Morgan fingerprint density at radius 1 is 1.10 bits per heavy atom. The highest BCUT2D eigenvalue weighted by atomic mass is 32.2. The van der Waals surface area contributed by atoms with Crippen molar-refractivity contribution in [3.63, 3.8) is 0 Å². The Balaban J connectivity index is 1.30. The van der Waals surface area contributed by atoms with E-state index in [-0.39, 0.29) is 28.5 Å². The van der Waals surface area contributed by atoms with Crippen LogP contribution in [0.25, 0.3) is 6.08 Å². The van der Waals surface area contributed by atoms with Gasteiger partial charge in [-0.25, -0.2) is 13.1 Å². The summed E-state index contributed by atoms with van der Waals surface area (Å²) in [5.74, 6) is -0.181. The van der Waals surface area contributed by atoms with Crippen molar-refractivity contribution in [2.24, 2.45) is 0 Å². The van der Waals surface area contributed by atoms with Gasteiger partial charge >= 0.3 is 0 Å². The van der Waals surface area contributed by atoms with Crippen molar-refractivity contribution in [3.8, 4) is 0 Å². The molecule has 10 heteroatoms. The fraction of sp³-hybridized carbons (Fsp3) is 0.381. The quantitative estimate of drug-likeness (QED) is 0.675. The normalized spacial score (nSPS) is 17.3. The van der Waals surface area contributed by atoms with E-state index >= 15 is 0 Å². The molecule has 31 heavy (non-hydrogen) atoms. The number of aromatic nitrogens is 1. The molecule has 0 radical (unpaired) electrons. The Morgan fingerprint density at radius 2 is 1.74 bits per heavy atom. The lowest BCUT2D eigenvalue weighted by Crippen LogP contribution is -2.50. The molecular formula is C21H24N4O5S. The Labute approximate surface area is 180 Å². The summed E-state index contributed by atoms with van der Waals surface area (Å²) in [7, 11) is -3.49. The number of piperazine rings is 1. The minimum Gasteiger partial charge on any atom is -0.351 e. The number of amides is 2. The minimum absolute atomic E-state index is 0.0535. The second kappa shape index (κ2) is 8.64. The summed E-state index contributed by atoms with van der Waals surface area (Å²) in [5, 5.41) is 3.73. The maximum absolute atomic E-state index is 12.5. The maximum Gasteiger partial charge on any atom is 0.292 e. The third kappa shape index (κ3) is 5.20. The molecule has 1 N–H and O–H groups in total. The topological polar surface area (TPSA) is 113 Å². The minimum atomic E-state index is -3.49. The van der Waals surface area contributed by atoms with Crippen LogP contribution in [0, 0.1) is 6.92 Å². The second-order valence-electron chi connectivity index (χ2n) is 7.75. The van der Waals surface area contributed by atoms with Crippen LogP contribution in [-0.4, -0.2) is 67.4 Å². The van der Waals surface area contributed by atoms with Gasteiger partial charge in [-0.15, -0.1) is 0 Å². The largest absolute Gasteiger partial charge is 0.351 e. The molecule has 4 rings (SSSR count). The Bertz CT molecular complexity index is 1100. The molecule has 2 amide bonds. The molecule has 0 atom stereocenters. The number of nitrogens with zero attached hydrogens (tertiary/aromatic N) is 3. The summed E-state index contributed by atoms with van der Waals surface area (Å²) < 4.78 is 32.1. The zero-order chi connectivity index (χ0) is 22.0. The first-order chi connectivity index (χ1) is 14.8. The van der Waals surface area contributed by atoms with Crippen LogP contribution in [0.4, 0.5) is 0 Å². The lowest BCUT2D eigenvalue weighted by atomic mass is 10.2. The Morgan fingerprint density at radius 3 is 2.32 bits per heavy atom. The van der Waals surface area contributed by atoms with Crippen molar-refractivity contribution >= 4 is 27.9 Å². The molecule has 164 valence electrons. The summed E-state index contributed by atoms with van der Waals surface area (Å²) in [5.41, 5.74) is 1.38. The van der Waals surface area contributed by atoms with Crippen LogP contribution >= 0.6 is 0 Å². The molecule has 9 nitrogen and oxygen atoms in total. The van der Waals surface area contributed by atoms with E-state index < -0.39 is 10.0 Å². The summed E-state index contributed by atoms with van der Waals surface area (Å²) in [6.07, 6.45) is 4.87. The third-order valence-corrected chi connectivity index (χ3v) is 6.76. The van der Waals surface area contributed by atoms with Gasteiger partial charge in [0.2, 0.25) is 21.7 Å². The molecule has 1 saturated carbocycles. The zero-order valence-corrected chi connectivity index (χ0v) is 18.0. The van der Waals surface area contributed by atoms with Gasteiger partial charge in [-0.3, -0.25) is 9.59 Å². The van der Waals surface area contributed by atoms with E-state index in [9.17, 15) is 18.0 Å². The number of sulfonamides is 1. The van der Waals surface area contributed by atoms with Crippen LogP contribution in [0.1, 0.15) is 34.7 Å². The van der Waals surface area contributed by atoms with Crippen LogP contribution in [0.5, 0.6) is 0 Å². The number of benzene rings is 1. The molecule has 1 aromatic heterocycles. The van der Waals surface area contributed by atoms with Crippen LogP contribution in [0.2, 0.25) is 0 Å². The first kappa shape index (κ1) is 21.3. The van der Waals surface area contributed by atoms with E-state index in [1.807, 2.05) is 0 Å². The van der Waals surface area contributed by atoms with Crippen molar-refractivity contribution in [2.45, 2.75) is 30.7 Å². The molecule has 1 aliphatic carbocycles. The number of nitrogens with one attached hydrogen (secondary N) is 1. The lowest BCUT2D eigenvalue weighted by Gasteiger charge is -2.33. The maximum atomic E-state index is 12.5. The average molecular weight is 445 g/mol. The number of hydrogen-bond acceptors (Lipinski definition) is 6. The first-order valence-corrected chi connectivity index (χ1v) is 11.6. The average Bonchev–Trinajstić information content (AvgIpc) is 3.47. The van der Waals surface area contributed by atoms with Gasteiger partial charge in [0.15, 0.2) is 0 Å². The second-order valence-corrected chi connectivity index (χ2v) is 9.46. The summed E-state index contributed by atoms with van der Waals surface area (Å²) >= 11 is 0. The fourth-order valence-electron chi connectivity index (χ4n) is 3.27. The number of rotatable bonds is 6. The number of aryl methyl sites for hydroxylation is 1.